The fourth-order valence-electron chi connectivity index (χ4n) is 1.84. The van der Waals surface area contributed by atoms with E-state index in [1.54, 1.807) is 16.3 Å². The number of thiophene rings is 1. The molecule has 0 aliphatic carbocycles. The number of carboxylic acids is 1. The Bertz CT molecular complexity index is 587. The summed E-state index contributed by atoms with van der Waals surface area (Å²) >= 11 is 1.25. The lowest BCUT2D eigenvalue weighted by molar-refractivity contribution is -0.131. The van der Waals surface area contributed by atoms with Crippen molar-refractivity contribution < 1.29 is 19.4 Å². The molecule has 1 fully saturated rings. The van der Waals surface area contributed by atoms with Crippen LogP contribution < -0.4 is 0 Å². The predicted molar refractivity (Wildman–Crippen MR) is 72.2 cm³/mol. The molecule has 1 atom stereocenters. The van der Waals surface area contributed by atoms with E-state index in [2.05, 4.69) is 0 Å². The molecule has 1 aromatic rings. The molecular formula is C13H12N2O4S. The van der Waals surface area contributed by atoms with Crippen molar-refractivity contribution in [3.05, 3.63) is 28.0 Å². The Balaban J connectivity index is 2.15. The van der Waals surface area contributed by atoms with Gasteiger partial charge in [-0.2, -0.15) is 5.26 Å². The fraction of sp³-hybridized carbons (Fsp3) is 0.308. The predicted octanol–water partition coefficient (Wildman–Crippen LogP) is 1.21. The molecule has 6 nitrogen and oxygen atoms in total. The van der Waals surface area contributed by atoms with E-state index in [0.29, 0.717) is 23.6 Å². The second kappa shape index (κ2) is 6.32. The number of nitriles is 1. The molecule has 1 aromatic heterocycles. The van der Waals surface area contributed by atoms with E-state index in [4.69, 9.17) is 15.1 Å². The minimum atomic E-state index is -1.06. The zero-order valence-corrected chi connectivity index (χ0v) is 11.3. The molecule has 0 radical (unpaired) electrons. The second-order valence-corrected chi connectivity index (χ2v) is 5.03. The van der Waals surface area contributed by atoms with Gasteiger partial charge in [0.1, 0.15) is 0 Å². The molecule has 7 heteroatoms. The van der Waals surface area contributed by atoms with E-state index in [-0.39, 0.29) is 12.5 Å². The third kappa shape index (κ3) is 3.23. The third-order valence-corrected chi connectivity index (χ3v) is 3.71. The molecule has 0 saturated carbocycles. The smallest absolute Gasteiger partial charge is 0.328 e. The molecule has 2 rings (SSSR count). The molecule has 2 heterocycles. The van der Waals surface area contributed by atoms with Gasteiger partial charge in [0.25, 0.3) is 5.91 Å². The maximum absolute atomic E-state index is 12.4. The van der Waals surface area contributed by atoms with E-state index in [1.807, 2.05) is 6.07 Å². The van der Waals surface area contributed by atoms with Gasteiger partial charge in [-0.25, -0.2) is 4.79 Å². The van der Waals surface area contributed by atoms with Crippen molar-refractivity contribution in [3.63, 3.8) is 0 Å². The van der Waals surface area contributed by atoms with Crippen molar-refractivity contribution in [2.45, 2.75) is 6.10 Å². The van der Waals surface area contributed by atoms with Crippen LogP contribution in [0.4, 0.5) is 0 Å². The molecule has 1 N–H and O–H groups in total. The minimum Gasteiger partial charge on any atom is -0.478 e. The van der Waals surface area contributed by atoms with Crippen molar-refractivity contribution in [2.75, 3.05) is 19.7 Å². The van der Waals surface area contributed by atoms with Crippen LogP contribution in [0, 0.1) is 11.3 Å². The molecule has 1 aliphatic heterocycles. The normalized spacial score (nSPS) is 18.9. The van der Waals surface area contributed by atoms with Gasteiger partial charge in [-0.05, 0) is 23.1 Å². The summed E-state index contributed by atoms with van der Waals surface area (Å²) in [5.41, 5.74) is 0.572. The molecule has 0 aromatic carbocycles. The summed E-state index contributed by atoms with van der Waals surface area (Å²) in [7, 11) is 0. The highest BCUT2D eigenvalue weighted by molar-refractivity contribution is 7.12. The molecule has 1 saturated heterocycles. The molecular weight excluding hydrogens is 280 g/mol. The fourth-order valence-corrected chi connectivity index (χ4v) is 2.69. The number of rotatable bonds is 3. The van der Waals surface area contributed by atoms with E-state index < -0.39 is 12.1 Å². The Morgan fingerprint density at radius 3 is 3.10 bits per heavy atom. The first-order chi connectivity index (χ1) is 9.61. The summed E-state index contributed by atoms with van der Waals surface area (Å²) in [5, 5.41) is 19.2. The highest BCUT2D eigenvalue weighted by atomic mass is 32.1. The summed E-state index contributed by atoms with van der Waals surface area (Å²) in [5.74, 6) is -1.26. The first-order valence-electron chi connectivity index (χ1n) is 5.91. The van der Waals surface area contributed by atoms with Gasteiger partial charge >= 0.3 is 5.97 Å². The van der Waals surface area contributed by atoms with E-state index in [0.717, 1.165) is 6.08 Å². The van der Waals surface area contributed by atoms with Gasteiger partial charge in [-0.3, -0.25) is 4.79 Å². The lowest BCUT2D eigenvalue weighted by Crippen LogP contribution is -2.45. The lowest BCUT2D eigenvalue weighted by Gasteiger charge is -2.29. The van der Waals surface area contributed by atoms with Crippen LogP contribution in [0.3, 0.4) is 0 Å². The van der Waals surface area contributed by atoms with Gasteiger partial charge in [0.2, 0.25) is 0 Å². The Morgan fingerprint density at radius 1 is 1.60 bits per heavy atom. The zero-order valence-electron chi connectivity index (χ0n) is 10.5. The molecule has 0 bridgehead atoms. The van der Waals surface area contributed by atoms with Crippen molar-refractivity contribution in [3.8, 4) is 6.07 Å². The summed E-state index contributed by atoms with van der Waals surface area (Å²) < 4.78 is 5.19. The number of morpholine rings is 1. The van der Waals surface area contributed by atoms with Crippen LogP contribution in [-0.4, -0.2) is 47.7 Å². The van der Waals surface area contributed by atoms with Gasteiger partial charge in [0.15, 0.2) is 6.10 Å². The van der Waals surface area contributed by atoms with Crippen LogP contribution >= 0.6 is 11.3 Å². The summed E-state index contributed by atoms with van der Waals surface area (Å²) in [6, 6.07) is 3.68. The second-order valence-electron chi connectivity index (χ2n) is 4.12. The Labute approximate surface area is 119 Å². The number of hydrogen-bond donors (Lipinski definition) is 1. The maximum Gasteiger partial charge on any atom is 0.328 e. The number of hydrogen-bond acceptors (Lipinski definition) is 5. The Kier molecular flexibility index (Phi) is 4.50. The van der Waals surface area contributed by atoms with Crippen LogP contribution in [0.5, 0.6) is 0 Å². The number of amides is 1. The van der Waals surface area contributed by atoms with Crippen LogP contribution in [0.25, 0.3) is 6.08 Å². The quantitative estimate of drug-likeness (QED) is 0.846. The molecule has 1 amide bonds. The lowest BCUT2D eigenvalue weighted by atomic mass is 10.2. The molecule has 1 aliphatic rings. The van der Waals surface area contributed by atoms with E-state index >= 15 is 0 Å². The largest absolute Gasteiger partial charge is 0.478 e. The average Bonchev–Trinajstić information content (AvgIpc) is 2.92. The van der Waals surface area contributed by atoms with Gasteiger partial charge < -0.3 is 14.7 Å². The van der Waals surface area contributed by atoms with Crippen molar-refractivity contribution in [1.29, 1.82) is 5.26 Å². The number of nitrogens with zero attached hydrogens (tertiary/aromatic N) is 2. The van der Waals surface area contributed by atoms with E-state index in [9.17, 15) is 9.59 Å². The SMILES string of the molecule is N#CC1CN(C(=O)c2sccc2C=CC(=O)O)CCO1. The topological polar surface area (TPSA) is 90.6 Å². The van der Waals surface area contributed by atoms with Crippen LogP contribution in [0.2, 0.25) is 0 Å². The van der Waals surface area contributed by atoms with Crippen molar-refractivity contribution in [1.82, 2.24) is 4.90 Å². The van der Waals surface area contributed by atoms with Crippen LogP contribution in [-0.2, 0) is 9.53 Å². The van der Waals surface area contributed by atoms with Crippen LogP contribution in [0.15, 0.2) is 17.5 Å². The summed E-state index contributed by atoms with van der Waals surface area (Å²) in [6.45, 7) is 0.988. The Hall–Kier alpha value is -2.17. The van der Waals surface area contributed by atoms with Crippen LogP contribution in [0.1, 0.15) is 15.2 Å². The highest BCUT2D eigenvalue weighted by Crippen LogP contribution is 2.21. The van der Waals surface area contributed by atoms with Gasteiger partial charge in [0, 0.05) is 12.6 Å². The van der Waals surface area contributed by atoms with Crippen molar-refractivity contribution >= 4 is 29.3 Å². The summed E-state index contributed by atoms with van der Waals surface area (Å²) in [6.07, 6.45) is 1.79. The highest BCUT2D eigenvalue weighted by Gasteiger charge is 2.26. The number of ether oxygens (including phenoxy) is 1. The molecule has 104 valence electrons. The maximum atomic E-state index is 12.4. The first-order valence-corrected chi connectivity index (χ1v) is 6.78. The molecule has 0 spiro atoms. The first kappa shape index (κ1) is 14.2. The third-order valence-electron chi connectivity index (χ3n) is 2.79. The average molecular weight is 292 g/mol. The minimum absolute atomic E-state index is 0.200. The van der Waals surface area contributed by atoms with Crippen molar-refractivity contribution in [2.24, 2.45) is 0 Å². The van der Waals surface area contributed by atoms with Gasteiger partial charge in [-0.1, -0.05) is 0 Å². The van der Waals surface area contributed by atoms with Gasteiger partial charge in [-0.15, -0.1) is 11.3 Å². The summed E-state index contributed by atoms with van der Waals surface area (Å²) in [4.78, 5) is 24.9. The number of aliphatic carboxylic acids is 1. The number of carbonyl (C=O) groups excluding carboxylic acids is 1. The number of carbonyl (C=O) groups is 2. The standard InChI is InChI=1S/C13H12N2O4S/c14-7-10-8-15(4-5-19-10)13(18)12-9(3-6-20-12)1-2-11(16)17/h1-3,6,10H,4-5,8H2,(H,16,17). The van der Waals surface area contributed by atoms with Gasteiger partial charge in [0.05, 0.1) is 24.1 Å². The number of carboxylic acid groups (broad SMARTS) is 1. The molecule has 1 unspecified atom stereocenters. The zero-order chi connectivity index (χ0) is 14.5. The Morgan fingerprint density at radius 2 is 2.40 bits per heavy atom. The molecule has 20 heavy (non-hydrogen) atoms. The van der Waals surface area contributed by atoms with E-state index in [1.165, 1.54) is 17.4 Å². The monoisotopic (exact) mass is 292 g/mol.